The van der Waals surface area contributed by atoms with Gasteiger partial charge in [-0.1, -0.05) is 35.5 Å². The van der Waals surface area contributed by atoms with E-state index in [4.69, 9.17) is 0 Å². The highest BCUT2D eigenvalue weighted by Crippen LogP contribution is 2.31. The second-order valence-corrected chi connectivity index (χ2v) is 8.10. The first kappa shape index (κ1) is 17.5. The van der Waals surface area contributed by atoms with Crippen LogP contribution in [-0.4, -0.2) is 56.9 Å². The number of carbonyl (C=O) groups is 1. The molecule has 2 aromatic rings. The Labute approximate surface area is 158 Å². The van der Waals surface area contributed by atoms with E-state index in [9.17, 15) is 4.79 Å². The molecule has 4 rings (SSSR count). The molecule has 7 heteroatoms. The van der Waals surface area contributed by atoms with E-state index < -0.39 is 0 Å². The van der Waals surface area contributed by atoms with E-state index in [2.05, 4.69) is 27.8 Å². The molecule has 0 aliphatic carbocycles. The van der Waals surface area contributed by atoms with Crippen LogP contribution in [0.4, 0.5) is 0 Å². The molecule has 138 valence electrons. The number of thioether (sulfide) groups is 1. The van der Waals surface area contributed by atoms with Gasteiger partial charge in [0, 0.05) is 18.1 Å². The Morgan fingerprint density at radius 2 is 2.00 bits per heavy atom. The first-order chi connectivity index (χ1) is 12.8. The molecule has 2 aliphatic heterocycles. The van der Waals surface area contributed by atoms with Crippen molar-refractivity contribution >= 4 is 17.7 Å². The minimum atomic E-state index is 0.0110. The maximum absolute atomic E-state index is 13.3. The first-order valence-electron chi connectivity index (χ1n) is 9.32. The molecule has 6 nitrogen and oxygen atoms in total. The molecule has 2 fully saturated rings. The normalized spacial score (nSPS) is 21.7. The summed E-state index contributed by atoms with van der Waals surface area (Å²) in [7, 11) is 0. The molecule has 1 N–H and O–H groups in total. The number of aromatic nitrogens is 3. The van der Waals surface area contributed by atoms with Crippen LogP contribution in [0.15, 0.2) is 30.3 Å². The Kier molecular flexibility index (Phi) is 5.26. The number of benzene rings is 1. The second-order valence-electron chi connectivity index (χ2n) is 6.95. The Bertz CT molecular complexity index is 757. The molecule has 0 saturated carbocycles. The highest BCUT2D eigenvalue weighted by atomic mass is 32.2. The molecule has 2 aliphatic rings. The standard InChI is InChI=1S/C19H25N5OS/c1-14-18(21-22-24(14)16-7-9-20-10-8-16)19(25)23-11-12-26-13-17(23)15-5-3-2-4-6-15/h2-6,16-17,20H,7-13H2,1H3. The monoisotopic (exact) mass is 371 g/mol. The van der Waals surface area contributed by atoms with Crippen LogP contribution in [0.3, 0.4) is 0 Å². The number of piperidine rings is 1. The third-order valence-electron chi connectivity index (χ3n) is 5.36. The van der Waals surface area contributed by atoms with Gasteiger partial charge in [0.25, 0.3) is 5.91 Å². The molecule has 1 atom stereocenters. The summed E-state index contributed by atoms with van der Waals surface area (Å²) in [4.78, 5) is 15.3. The fourth-order valence-electron chi connectivity index (χ4n) is 3.87. The number of carbonyl (C=O) groups excluding carboxylic acids is 1. The second kappa shape index (κ2) is 7.80. The zero-order valence-corrected chi connectivity index (χ0v) is 15.9. The van der Waals surface area contributed by atoms with Crippen LogP contribution in [0.2, 0.25) is 0 Å². The zero-order valence-electron chi connectivity index (χ0n) is 15.1. The fraction of sp³-hybridized carbons (Fsp3) is 0.526. The van der Waals surface area contributed by atoms with E-state index in [1.54, 1.807) is 0 Å². The van der Waals surface area contributed by atoms with Gasteiger partial charge < -0.3 is 10.2 Å². The molecule has 0 radical (unpaired) electrons. The maximum atomic E-state index is 13.3. The van der Waals surface area contributed by atoms with Gasteiger partial charge in [-0.15, -0.1) is 5.10 Å². The van der Waals surface area contributed by atoms with Gasteiger partial charge in [-0.05, 0) is 38.4 Å². The average Bonchev–Trinajstić information content (AvgIpc) is 3.10. The Balaban J connectivity index is 1.59. The number of nitrogens with one attached hydrogen (secondary N) is 1. The largest absolute Gasteiger partial charge is 0.328 e. The highest BCUT2D eigenvalue weighted by Gasteiger charge is 2.32. The van der Waals surface area contributed by atoms with Gasteiger partial charge in [0.05, 0.1) is 17.8 Å². The van der Waals surface area contributed by atoms with E-state index in [0.29, 0.717) is 11.7 Å². The Hall–Kier alpha value is -1.86. The predicted molar refractivity (Wildman–Crippen MR) is 103 cm³/mol. The average molecular weight is 372 g/mol. The molecule has 0 bridgehead atoms. The van der Waals surface area contributed by atoms with Crippen molar-refractivity contribution in [2.24, 2.45) is 0 Å². The van der Waals surface area contributed by atoms with Crippen LogP contribution in [0.1, 0.15) is 46.7 Å². The van der Waals surface area contributed by atoms with E-state index in [1.807, 2.05) is 46.5 Å². The molecule has 0 spiro atoms. The van der Waals surface area contributed by atoms with Gasteiger partial charge in [-0.25, -0.2) is 4.68 Å². The third kappa shape index (κ3) is 3.38. The lowest BCUT2D eigenvalue weighted by molar-refractivity contribution is 0.0694. The van der Waals surface area contributed by atoms with Gasteiger partial charge in [-0.3, -0.25) is 4.79 Å². The maximum Gasteiger partial charge on any atom is 0.276 e. The van der Waals surface area contributed by atoms with Crippen LogP contribution in [-0.2, 0) is 0 Å². The minimum Gasteiger partial charge on any atom is -0.328 e. The van der Waals surface area contributed by atoms with Gasteiger partial charge in [-0.2, -0.15) is 11.8 Å². The summed E-state index contributed by atoms with van der Waals surface area (Å²) in [6, 6.07) is 10.7. The summed E-state index contributed by atoms with van der Waals surface area (Å²) in [5.74, 6) is 1.91. The number of amides is 1. The van der Waals surface area contributed by atoms with Crippen LogP contribution in [0.25, 0.3) is 0 Å². The van der Waals surface area contributed by atoms with Crippen LogP contribution < -0.4 is 5.32 Å². The Morgan fingerprint density at radius 1 is 1.23 bits per heavy atom. The van der Waals surface area contributed by atoms with Gasteiger partial charge in [0.15, 0.2) is 5.69 Å². The van der Waals surface area contributed by atoms with Crippen molar-refractivity contribution in [3.63, 3.8) is 0 Å². The SMILES string of the molecule is Cc1c(C(=O)N2CCSCC2c2ccccc2)nnn1C1CCNCC1. The van der Waals surface area contributed by atoms with Crippen molar-refractivity contribution < 1.29 is 4.79 Å². The summed E-state index contributed by atoms with van der Waals surface area (Å²) in [5, 5.41) is 12.0. The summed E-state index contributed by atoms with van der Waals surface area (Å²) in [6.45, 7) is 4.72. The quantitative estimate of drug-likeness (QED) is 0.898. The van der Waals surface area contributed by atoms with Crippen molar-refractivity contribution in [2.75, 3.05) is 31.1 Å². The predicted octanol–water partition coefficient (Wildman–Crippen LogP) is 2.44. The summed E-state index contributed by atoms with van der Waals surface area (Å²) >= 11 is 1.90. The lowest BCUT2D eigenvalue weighted by Gasteiger charge is -2.35. The van der Waals surface area contributed by atoms with Crippen molar-refractivity contribution in [2.45, 2.75) is 31.8 Å². The Morgan fingerprint density at radius 3 is 2.77 bits per heavy atom. The third-order valence-corrected chi connectivity index (χ3v) is 6.38. The smallest absolute Gasteiger partial charge is 0.276 e. The molecule has 1 aromatic carbocycles. The molecule has 1 aromatic heterocycles. The van der Waals surface area contributed by atoms with E-state index in [0.717, 1.165) is 49.7 Å². The molecular formula is C19H25N5OS. The van der Waals surface area contributed by atoms with Crippen molar-refractivity contribution in [1.29, 1.82) is 0 Å². The molecular weight excluding hydrogens is 346 g/mol. The number of rotatable bonds is 3. The number of hydrogen-bond donors (Lipinski definition) is 1. The lowest BCUT2D eigenvalue weighted by Crippen LogP contribution is -2.41. The highest BCUT2D eigenvalue weighted by molar-refractivity contribution is 7.99. The zero-order chi connectivity index (χ0) is 17.9. The summed E-state index contributed by atoms with van der Waals surface area (Å²) < 4.78 is 1.96. The molecule has 3 heterocycles. The number of hydrogen-bond acceptors (Lipinski definition) is 5. The fourth-order valence-corrected chi connectivity index (χ4v) is 4.96. The van der Waals surface area contributed by atoms with Gasteiger partial charge in [0.2, 0.25) is 0 Å². The van der Waals surface area contributed by atoms with E-state index >= 15 is 0 Å². The lowest BCUT2D eigenvalue weighted by atomic mass is 10.1. The first-order valence-corrected chi connectivity index (χ1v) is 10.5. The van der Waals surface area contributed by atoms with Crippen LogP contribution >= 0.6 is 11.8 Å². The molecule has 26 heavy (non-hydrogen) atoms. The van der Waals surface area contributed by atoms with Crippen molar-refractivity contribution in [1.82, 2.24) is 25.2 Å². The van der Waals surface area contributed by atoms with Gasteiger partial charge in [0.1, 0.15) is 0 Å². The van der Waals surface area contributed by atoms with Gasteiger partial charge >= 0.3 is 0 Å². The minimum absolute atomic E-state index is 0.0110. The summed E-state index contributed by atoms with van der Waals surface area (Å²) in [6.07, 6.45) is 2.07. The van der Waals surface area contributed by atoms with Crippen molar-refractivity contribution in [3.8, 4) is 0 Å². The molecule has 1 amide bonds. The molecule has 1 unspecified atom stereocenters. The topological polar surface area (TPSA) is 63.1 Å². The van der Waals surface area contributed by atoms with Crippen molar-refractivity contribution in [3.05, 3.63) is 47.3 Å². The summed E-state index contributed by atoms with van der Waals surface area (Å²) in [5.41, 5.74) is 2.60. The van der Waals surface area contributed by atoms with Crippen LogP contribution in [0, 0.1) is 6.92 Å². The number of nitrogens with zero attached hydrogens (tertiary/aromatic N) is 4. The van der Waals surface area contributed by atoms with E-state index in [-0.39, 0.29) is 11.9 Å². The van der Waals surface area contributed by atoms with Crippen LogP contribution in [0.5, 0.6) is 0 Å². The molecule has 2 saturated heterocycles. The van der Waals surface area contributed by atoms with E-state index in [1.165, 1.54) is 5.56 Å².